The van der Waals surface area contributed by atoms with E-state index >= 15 is 0 Å². The second-order valence-corrected chi connectivity index (χ2v) is 6.22. The quantitative estimate of drug-likeness (QED) is 0.791. The first-order valence-electron chi connectivity index (χ1n) is 7.61. The molecule has 1 amide bonds. The summed E-state index contributed by atoms with van der Waals surface area (Å²) < 4.78 is 0. The molecule has 4 nitrogen and oxygen atoms in total. The fourth-order valence-electron chi connectivity index (χ4n) is 2.86. The number of carbonyl (C=O) groups is 1. The molecule has 1 saturated carbocycles. The third-order valence-electron chi connectivity index (χ3n) is 4.13. The molecule has 1 aliphatic carbocycles. The first kappa shape index (κ1) is 16.1. The molecular formula is C16H24ClN3O. The Hall–Kier alpha value is -1.26. The smallest absolute Gasteiger partial charge is 0.224 e. The molecule has 1 aromatic carbocycles. The Morgan fingerprint density at radius 2 is 2.14 bits per heavy atom. The van der Waals surface area contributed by atoms with E-state index in [-0.39, 0.29) is 5.91 Å². The highest BCUT2D eigenvalue weighted by Gasteiger charge is 2.19. The van der Waals surface area contributed by atoms with Crippen molar-refractivity contribution in [1.82, 2.24) is 4.90 Å². The van der Waals surface area contributed by atoms with Crippen LogP contribution < -0.4 is 11.1 Å². The second kappa shape index (κ2) is 7.66. The number of halogens is 1. The van der Waals surface area contributed by atoms with Crippen LogP contribution in [0.1, 0.15) is 38.5 Å². The molecule has 0 heterocycles. The largest absolute Gasteiger partial charge is 0.399 e. The number of benzene rings is 1. The summed E-state index contributed by atoms with van der Waals surface area (Å²) >= 11 is 6.04. The fourth-order valence-corrected chi connectivity index (χ4v) is 3.10. The minimum absolute atomic E-state index is 0.00138. The van der Waals surface area contributed by atoms with Gasteiger partial charge in [0.15, 0.2) is 0 Å². The van der Waals surface area contributed by atoms with E-state index in [0.29, 0.717) is 28.9 Å². The SMILES string of the molecule is CN(CCCC(=O)Nc1ccc(N)cc1Cl)C1CCCC1. The second-order valence-electron chi connectivity index (χ2n) is 5.81. The number of amides is 1. The molecule has 1 fully saturated rings. The van der Waals surface area contributed by atoms with Crippen LogP contribution in [0.3, 0.4) is 0 Å². The third-order valence-corrected chi connectivity index (χ3v) is 4.44. The normalized spacial score (nSPS) is 15.6. The van der Waals surface area contributed by atoms with Crippen molar-refractivity contribution in [3.05, 3.63) is 23.2 Å². The van der Waals surface area contributed by atoms with Crippen molar-refractivity contribution in [2.24, 2.45) is 0 Å². The first-order valence-corrected chi connectivity index (χ1v) is 7.99. The van der Waals surface area contributed by atoms with Gasteiger partial charge in [-0.05, 0) is 51.1 Å². The van der Waals surface area contributed by atoms with Crippen molar-refractivity contribution in [2.75, 3.05) is 24.6 Å². The topological polar surface area (TPSA) is 58.4 Å². The molecule has 3 N–H and O–H groups in total. The van der Waals surface area contributed by atoms with Gasteiger partial charge in [0.2, 0.25) is 5.91 Å². The van der Waals surface area contributed by atoms with Crippen LogP contribution in [-0.2, 0) is 4.79 Å². The van der Waals surface area contributed by atoms with Crippen LogP contribution in [0, 0.1) is 0 Å². The van der Waals surface area contributed by atoms with Crippen LogP contribution in [0.15, 0.2) is 18.2 Å². The molecule has 21 heavy (non-hydrogen) atoms. The maximum Gasteiger partial charge on any atom is 0.224 e. The Balaban J connectivity index is 1.72. The number of nitrogens with two attached hydrogens (primary N) is 1. The Labute approximate surface area is 131 Å². The predicted octanol–water partition coefficient (Wildman–Crippen LogP) is 3.52. The van der Waals surface area contributed by atoms with E-state index in [4.69, 9.17) is 17.3 Å². The van der Waals surface area contributed by atoms with Crippen LogP contribution in [-0.4, -0.2) is 30.4 Å². The van der Waals surface area contributed by atoms with Gasteiger partial charge in [0.25, 0.3) is 0 Å². The van der Waals surface area contributed by atoms with Crippen LogP contribution in [0.4, 0.5) is 11.4 Å². The molecule has 1 aliphatic rings. The van der Waals surface area contributed by atoms with Gasteiger partial charge in [0.05, 0.1) is 10.7 Å². The number of rotatable bonds is 6. The number of nitrogens with zero attached hydrogens (tertiary/aromatic N) is 1. The van der Waals surface area contributed by atoms with Crippen LogP contribution >= 0.6 is 11.6 Å². The summed E-state index contributed by atoms with van der Waals surface area (Å²) in [5.41, 5.74) is 6.85. The molecule has 116 valence electrons. The summed E-state index contributed by atoms with van der Waals surface area (Å²) in [5, 5.41) is 3.31. The van der Waals surface area contributed by atoms with Gasteiger partial charge < -0.3 is 16.0 Å². The van der Waals surface area contributed by atoms with Crippen LogP contribution in [0.2, 0.25) is 5.02 Å². The molecule has 0 radical (unpaired) electrons. The van der Waals surface area contributed by atoms with E-state index in [1.165, 1.54) is 25.7 Å². The number of nitrogens with one attached hydrogen (secondary N) is 1. The minimum atomic E-state index is 0.00138. The van der Waals surface area contributed by atoms with Gasteiger partial charge in [0, 0.05) is 18.2 Å². The molecule has 2 rings (SSSR count). The van der Waals surface area contributed by atoms with Gasteiger partial charge in [-0.3, -0.25) is 4.79 Å². The van der Waals surface area contributed by atoms with E-state index in [2.05, 4.69) is 17.3 Å². The van der Waals surface area contributed by atoms with Crippen molar-refractivity contribution >= 4 is 28.9 Å². The Morgan fingerprint density at radius 3 is 2.81 bits per heavy atom. The van der Waals surface area contributed by atoms with Crippen molar-refractivity contribution in [3.8, 4) is 0 Å². The van der Waals surface area contributed by atoms with Gasteiger partial charge in [-0.2, -0.15) is 0 Å². The number of carbonyl (C=O) groups excluding carboxylic acids is 1. The molecule has 5 heteroatoms. The van der Waals surface area contributed by atoms with Crippen LogP contribution in [0.5, 0.6) is 0 Å². The van der Waals surface area contributed by atoms with Crippen molar-refractivity contribution in [3.63, 3.8) is 0 Å². The monoisotopic (exact) mass is 309 g/mol. The standard InChI is InChI=1S/C16H24ClN3O/c1-20(13-5-2-3-6-13)10-4-7-16(21)19-15-9-8-12(18)11-14(15)17/h8-9,11,13H,2-7,10,18H2,1H3,(H,19,21). The van der Waals surface area contributed by atoms with E-state index in [1.807, 2.05) is 0 Å². The number of nitrogen functional groups attached to an aromatic ring is 1. The summed E-state index contributed by atoms with van der Waals surface area (Å²) in [5.74, 6) is 0.00138. The van der Waals surface area contributed by atoms with E-state index < -0.39 is 0 Å². The molecule has 0 aromatic heterocycles. The molecule has 0 atom stereocenters. The van der Waals surface area contributed by atoms with Gasteiger partial charge in [-0.15, -0.1) is 0 Å². The average Bonchev–Trinajstić information content (AvgIpc) is 2.96. The zero-order chi connectivity index (χ0) is 15.2. The summed E-state index contributed by atoms with van der Waals surface area (Å²) in [6, 6.07) is 5.82. The van der Waals surface area contributed by atoms with Crippen molar-refractivity contribution < 1.29 is 4.79 Å². The van der Waals surface area contributed by atoms with Gasteiger partial charge >= 0.3 is 0 Å². The fraction of sp³-hybridized carbons (Fsp3) is 0.562. The molecule has 0 unspecified atom stereocenters. The summed E-state index contributed by atoms with van der Waals surface area (Å²) in [6.45, 7) is 0.966. The lowest BCUT2D eigenvalue weighted by molar-refractivity contribution is -0.116. The average molecular weight is 310 g/mol. The molecule has 0 aliphatic heterocycles. The third kappa shape index (κ3) is 4.90. The van der Waals surface area contributed by atoms with Gasteiger partial charge in [-0.1, -0.05) is 24.4 Å². The highest BCUT2D eigenvalue weighted by atomic mass is 35.5. The lowest BCUT2D eigenvalue weighted by atomic mass is 10.2. The maximum absolute atomic E-state index is 11.9. The summed E-state index contributed by atoms with van der Waals surface area (Å²) in [4.78, 5) is 14.3. The zero-order valence-electron chi connectivity index (χ0n) is 12.6. The first-order chi connectivity index (χ1) is 10.1. The lowest BCUT2D eigenvalue weighted by Crippen LogP contribution is -2.30. The highest BCUT2D eigenvalue weighted by molar-refractivity contribution is 6.34. The number of hydrogen-bond acceptors (Lipinski definition) is 3. The zero-order valence-corrected chi connectivity index (χ0v) is 13.3. The van der Waals surface area contributed by atoms with Crippen molar-refractivity contribution in [1.29, 1.82) is 0 Å². The van der Waals surface area contributed by atoms with Crippen molar-refractivity contribution in [2.45, 2.75) is 44.6 Å². The number of anilines is 2. The highest BCUT2D eigenvalue weighted by Crippen LogP contribution is 2.24. The molecule has 0 bridgehead atoms. The van der Waals surface area contributed by atoms with E-state index in [0.717, 1.165) is 13.0 Å². The van der Waals surface area contributed by atoms with Crippen LogP contribution in [0.25, 0.3) is 0 Å². The van der Waals surface area contributed by atoms with Gasteiger partial charge in [-0.25, -0.2) is 0 Å². The number of hydrogen-bond donors (Lipinski definition) is 2. The minimum Gasteiger partial charge on any atom is -0.399 e. The molecule has 0 saturated heterocycles. The van der Waals surface area contributed by atoms with E-state index in [1.54, 1.807) is 18.2 Å². The Kier molecular flexibility index (Phi) is 5.88. The predicted molar refractivity (Wildman–Crippen MR) is 88.6 cm³/mol. The lowest BCUT2D eigenvalue weighted by Gasteiger charge is -2.23. The molecule has 1 aromatic rings. The van der Waals surface area contributed by atoms with Gasteiger partial charge in [0.1, 0.15) is 0 Å². The van der Waals surface area contributed by atoms with E-state index in [9.17, 15) is 4.79 Å². The summed E-state index contributed by atoms with van der Waals surface area (Å²) in [6.07, 6.45) is 6.65. The Bertz CT molecular complexity index is 486. The molecule has 0 spiro atoms. The summed E-state index contributed by atoms with van der Waals surface area (Å²) in [7, 11) is 2.16. The maximum atomic E-state index is 11.9. The molecular weight excluding hydrogens is 286 g/mol. The Morgan fingerprint density at radius 1 is 1.43 bits per heavy atom.